The van der Waals surface area contributed by atoms with Gasteiger partial charge in [-0.3, -0.25) is 0 Å². The van der Waals surface area contributed by atoms with Gasteiger partial charge in [0.2, 0.25) is 0 Å². The summed E-state index contributed by atoms with van der Waals surface area (Å²) < 4.78 is 10.1. The standard InChI is InChI=1S/C13H22O3/c1-3-12(13(14)15-2)8-10-16-9-7-11-5-4-6-11/h8,11H,3-7,9-10H2,1-2H3. The van der Waals surface area contributed by atoms with Crippen molar-refractivity contribution in [3.05, 3.63) is 11.6 Å². The molecule has 0 aromatic heterocycles. The molecule has 16 heavy (non-hydrogen) atoms. The van der Waals surface area contributed by atoms with E-state index in [-0.39, 0.29) is 5.97 Å². The summed E-state index contributed by atoms with van der Waals surface area (Å²) >= 11 is 0. The molecule has 0 atom stereocenters. The molecular formula is C13H22O3. The van der Waals surface area contributed by atoms with Gasteiger partial charge in [0.25, 0.3) is 0 Å². The summed E-state index contributed by atoms with van der Waals surface area (Å²) in [5, 5.41) is 0. The normalized spacial score (nSPS) is 17.0. The van der Waals surface area contributed by atoms with Crippen molar-refractivity contribution >= 4 is 5.97 Å². The average molecular weight is 226 g/mol. The Labute approximate surface area is 97.8 Å². The molecule has 0 radical (unpaired) electrons. The van der Waals surface area contributed by atoms with Crippen LogP contribution in [-0.2, 0) is 14.3 Å². The molecule has 1 aliphatic carbocycles. The molecule has 1 aliphatic rings. The first-order chi connectivity index (χ1) is 7.77. The SMILES string of the molecule is CCC(=CCOCCC1CCC1)C(=O)OC. The number of carbonyl (C=O) groups is 1. The Morgan fingerprint density at radius 2 is 2.19 bits per heavy atom. The highest BCUT2D eigenvalue weighted by Crippen LogP contribution is 2.29. The van der Waals surface area contributed by atoms with Gasteiger partial charge in [-0.25, -0.2) is 4.79 Å². The van der Waals surface area contributed by atoms with Crippen molar-refractivity contribution in [2.24, 2.45) is 5.92 Å². The van der Waals surface area contributed by atoms with Gasteiger partial charge in [-0.2, -0.15) is 0 Å². The van der Waals surface area contributed by atoms with Crippen molar-refractivity contribution in [1.29, 1.82) is 0 Å². The van der Waals surface area contributed by atoms with Crippen LogP contribution in [-0.4, -0.2) is 26.3 Å². The summed E-state index contributed by atoms with van der Waals surface area (Å²) in [6, 6.07) is 0. The molecule has 0 aromatic carbocycles. The molecule has 3 nitrogen and oxygen atoms in total. The fourth-order valence-corrected chi connectivity index (χ4v) is 1.78. The summed E-state index contributed by atoms with van der Waals surface area (Å²) in [6.45, 7) is 3.27. The van der Waals surface area contributed by atoms with Crippen LogP contribution >= 0.6 is 0 Å². The predicted octanol–water partition coefficient (Wildman–Crippen LogP) is 2.70. The second-order valence-corrected chi connectivity index (χ2v) is 4.24. The van der Waals surface area contributed by atoms with Crippen LogP contribution in [0.1, 0.15) is 39.0 Å². The maximum Gasteiger partial charge on any atom is 0.333 e. The van der Waals surface area contributed by atoms with Gasteiger partial charge in [-0.05, 0) is 24.8 Å². The minimum atomic E-state index is -0.245. The molecule has 0 aliphatic heterocycles. The van der Waals surface area contributed by atoms with Gasteiger partial charge in [-0.1, -0.05) is 26.2 Å². The molecule has 0 saturated heterocycles. The highest BCUT2D eigenvalue weighted by molar-refractivity contribution is 5.88. The summed E-state index contributed by atoms with van der Waals surface area (Å²) in [6.07, 6.45) is 7.79. The molecule has 0 spiro atoms. The average Bonchev–Trinajstić information content (AvgIpc) is 2.25. The lowest BCUT2D eigenvalue weighted by atomic mass is 9.83. The largest absolute Gasteiger partial charge is 0.466 e. The Morgan fingerprint density at radius 1 is 1.44 bits per heavy atom. The van der Waals surface area contributed by atoms with Crippen LogP contribution in [0.2, 0.25) is 0 Å². The van der Waals surface area contributed by atoms with Crippen LogP contribution in [0.3, 0.4) is 0 Å². The van der Waals surface area contributed by atoms with E-state index in [1.54, 1.807) is 0 Å². The van der Waals surface area contributed by atoms with Crippen molar-refractivity contribution in [2.45, 2.75) is 39.0 Å². The zero-order valence-electron chi connectivity index (χ0n) is 10.3. The van der Waals surface area contributed by atoms with E-state index in [2.05, 4.69) is 4.74 Å². The summed E-state index contributed by atoms with van der Waals surface area (Å²) in [5.74, 6) is 0.639. The van der Waals surface area contributed by atoms with E-state index in [0.29, 0.717) is 18.6 Å². The monoisotopic (exact) mass is 226 g/mol. The predicted molar refractivity (Wildman–Crippen MR) is 63.2 cm³/mol. The maximum absolute atomic E-state index is 11.2. The van der Waals surface area contributed by atoms with Crippen molar-refractivity contribution in [3.63, 3.8) is 0 Å². The second-order valence-electron chi connectivity index (χ2n) is 4.24. The highest BCUT2D eigenvalue weighted by Gasteiger charge is 2.16. The first kappa shape index (κ1) is 13.2. The van der Waals surface area contributed by atoms with Gasteiger partial charge < -0.3 is 9.47 Å². The minimum absolute atomic E-state index is 0.245. The number of ether oxygens (including phenoxy) is 2. The van der Waals surface area contributed by atoms with Crippen molar-refractivity contribution in [1.82, 2.24) is 0 Å². The Bertz CT molecular complexity index is 242. The second kappa shape index (κ2) is 7.44. The van der Waals surface area contributed by atoms with Crippen LogP contribution in [0.25, 0.3) is 0 Å². The molecule has 0 heterocycles. The summed E-state index contributed by atoms with van der Waals surface area (Å²) in [7, 11) is 1.41. The molecular weight excluding hydrogens is 204 g/mol. The first-order valence-electron chi connectivity index (χ1n) is 6.13. The molecule has 0 amide bonds. The first-order valence-corrected chi connectivity index (χ1v) is 6.13. The molecule has 0 bridgehead atoms. The van der Waals surface area contributed by atoms with E-state index in [1.807, 2.05) is 13.0 Å². The summed E-state index contributed by atoms with van der Waals surface area (Å²) in [5.41, 5.74) is 0.700. The number of esters is 1. The third-order valence-electron chi connectivity index (χ3n) is 3.17. The third kappa shape index (κ3) is 4.35. The molecule has 1 fully saturated rings. The number of rotatable bonds is 7. The molecule has 1 saturated carbocycles. The molecule has 0 N–H and O–H groups in total. The fourth-order valence-electron chi connectivity index (χ4n) is 1.78. The number of hydrogen-bond acceptors (Lipinski definition) is 3. The quantitative estimate of drug-likeness (QED) is 0.380. The van der Waals surface area contributed by atoms with E-state index in [1.165, 1.54) is 26.4 Å². The molecule has 0 aromatic rings. The van der Waals surface area contributed by atoms with E-state index < -0.39 is 0 Å². The highest BCUT2D eigenvalue weighted by atomic mass is 16.5. The van der Waals surface area contributed by atoms with Gasteiger partial charge in [-0.15, -0.1) is 0 Å². The van der Waals surface area contributed by atoms with Gasteiger partial charge >= 0.3 is 5.97 Å². The zero-order chi connectivity index (χ0) is 11.8. The van der Waals surface area contributed by atoms with Crippen LogP contribution in [0, 0.1) is 5.92 Å². The van der Waals surface area contributed by atoms with Gasteiger partial charge in [0.05, 0.1) is 13.7 Å². The van der Waals surface area contributed by atoms with Crippen molar-refractivity contribution in [3.8, 4) is 0 Å². The van der Waals surface area contributed by atoms with E-state index in [0.717, 1.165) is 18.9 Å². The zero-order valence-corrected chi connectivity index (χ0v) is 10.3. The van der Waals surface area contributed by atoms with E-state index in [9.17, 15) is 4.79 Å². The molecule has 3 heteroatoms. The van der Waals surface area contributed by atoms with Crippen LogP contribution < -0.4 is 0 Å². The smallest absolute Gasteiger partial charge is 0.333 e. The third-order valence-corrected chi connectivity index (χ3v) is 3.17. The number of hydrogen-bond donors (Lipinski definition) is 0. The van der Waals surface area contributed by atoms with Crippen molar-refractivity contribution < 1.29 is 14.3 Å². The number of methoxy groups -OCH3 is 1. The fraction of sp³-hybridized carbons (Fsp3) is 0.769. The Hall–Kier alpha value is -0.830. The van der Waals surface area contributed by atoms with Crippen LogP contribution in [0.5, 0.6) is 0 Å². The Morgan fingerprint density at radius 3 is 2.69 bits per heavy atom. The lowest BCUT2D eigenvalue weighted by Crippen LogP contribution is -2.13. The molecule has 92 valence electrons. The van der Waals surface area contributed by atoms with Crippen LogP contribution in [0.15, 0.2) is 11.6 Å². The molecule has 1 rings (SSSR count). The van der Waals surface area contributed by atoms with E-state index in [4.69, 9.17) is 4.74 Å². The van der Waals surface area contributed by atoms with Gasteiger partial charge in [0.15, 0.2) is 0 Å². The van der Waals surface area contributed by atoms with Gasteiger partial charge in [0, 0.05) is 12.2 Å². The van der Waals surface area contributed by atoms with Crippen LogP contribution in [0.4, 0.5) is 0 Å². The minimum Gasteiger partial charge on any atom is -0.466 e. The topological polar surface area (TPSA) is 35.5 Å². The molecule has 0 unspecified atom stereocenters. The Kier molecular flexibility index (Phi) is 6.16. The lowest BCUT2D eigenvalue weighted by Gasteiger charge is -2.24. The number of carbonyl (C=O) groups excluding carboxylic acids is 1. The van der Waals surface area contributed by atoms with Crippen molar-refractivity contribution in [2.75, 3.05) is 20.3 Å². The van der Waals surface area contributed by atoms with E-state index >= 15 is 0 Å². The lowest BCUT2D eigenvalue weighted by molar-refractivity contribution is -0.136. The van der Waals surface area contributed by atoms with Gasteiger partial charge in [0.1, 0.15) is 0 Å². The Balaban J connectivity index is 2.10. The summed E-state index contributed by atoms with van der Waals surface area (Å²) in [4.78, 5) is 11.2. The maximum atomic E-state index is 11.2.